The summed E-state index contributed by atoms with van der Waals surface area (Å²) >= 11 is 0. The number of carbonyl (C=O) groups is 4. The maximum Gasteiger partial charge on any atom is 0.336 e. The highest BCUT2D eigenvalue weighted by Crippen LogP contribution is 2.15. The summed E-state index contributed by atoms with van der Waals surface area (Å²) in [6.07, 6.45) is 0.607. The molecule has 1 aliphatic rings. The average Bonchev–Trinajstić information content (AvgIpc) is 2.45. The summed E-state index contributed by atoms with van der Waals surface area (Å²) in [5.74, 6) is -5.22. The Labute approximate surface area is 137 Å². The second-order valence-electron chi connectivity index (χ2n) is 5.23. The molecule has 0 fully saturated rings. The second kappa shape index (κ2) is 9.63. The van der Waals surface area contributed by atoms with Crippen molar-refractivity contribution in [3.8, 4) is 0 Å². The summed E-state index contributed by atoms with van der Waals surface area (Å²) in [5, 5.41) is 33.8. The first-order chi connectivity index (χ1) is 11.0. The van der Waals surface area contributed by atoms with Crippen molar-refractivity contribution in [3.05, 3.63) is 11.6 Å². The number of hydrogen-bond acceptors (Lipinski definition) is 7. The van der Waals surface area contributed by atoms with Gasteiger partial charge in [0.25, 0.3) is 0 Å². The molecule has 0 saturated carbocycles. The molecule has 0 spiro atoms. The van der Waals surface area contributed by atoms with E-state index in [9.17, 15) is 19.2 Å². The van der Waals surface area contributed by atoms with Gasteiger partial charge in [-0.1, -0.05) is 6.08 Å². The van der Waals surface area contributed by atoms with Crippen LogP contribution in [0, 0.1) is 0 Å². The lowest BCUT2D eigenvalue weighted by atomic mass is 9.96. The smallest absolute Gasteiger partial charge is 0.336 e. The van der Waals surface area contributed by atoms with Crippen LogP contribution >= 0.6 is 0 Å². The monoisotopic (exact) mass is 347 g/mol. The molecule has 24 heavy (non-hydrogen) atoms. The van der Waals surface area contributed by atoms with Crippen molar-refractivity contribution in [1.29, 1.82) is 0 Å². The van der Waals surface area contributed by atoms with Crippen molar-refractivity contribution in [2.75, 3.05) is 27.2 Å². The lowest BCUT2D eigenvalue weighted by Crippen LogP contribution is -2.42. The van der Waals surface area contributed by atoms with Gasteiger partial charge in [0.1, 0.15) is 0 Å². The number of carbonyl (C=O) groups excluding carboxylic acids is 1. The Kier molecular flexibility index (Phi) is 8.64. The van der Waals surface area contributed by atoms with Gasteiger partial charge in [0.15, 0.2) is 5.60 Å². The zero-order valence-corrected chi connectivity index (χ0v) is 13.4. The summed E-state index contributed by atoms with van der Waals surface area (Å²) in [6.45, 7) is 1.74. The molecule has 0 aromatic rings. The third-order valence-electron chi connectivity index (χ3n) is 3.07. The first kappa shape index (κ1) is 21.5. The summed E-state index contributed by atoms with van der Waals surface area (Å²) in [7, 11) is 3.41. The largest absolute Gasteiger partial charge is 0.481 e. The van der Waals surface area contributed by atoms with Gasteiger partial charge >= 0.3 is 23.9 Å². The fraction of sp³-hybridized carbons (Fsp3) is 0.571. The number of methoxy groups -OCH3 is 1. The van der Waals surface area contributed by atoms with E-state index in [4.69, 9.17) is 20.4 Å². The second-order valence-corrected chi connectivity index (χ2v) is 5.23. The molecule has 10 heteroatoms. The average molecular weight is 347 g/mol. The zero-order valence-electron chi connectivity index (χ0n) is 13.4. The maximum atomic E-state index is 11.0. The zero-order chi connectivity index (χ0) is 18.9. The topological polar surface area (TPSA) is 162 Å². The number of carboxylic acid groups (broad SMARTS) is 3. The number of carboxylic acids is 3. The SMILES string of the molecule is COC(=O)C1=CCCN(C)C1.O=C(O)CC(O)(CC(=O)O)C(=O)O. The third kappa shape index (κ3) is 7.70. The fourth-order valence-electron chi connectivity index (χ4n) is 1.89. The van der Waals surface area contributed by atoms with Gasteiger partial charge in [-0.2, -0.15) is 0 Å². The third-order valence-corrected chi connectivity index (χ3v) is 3.07. The van der Waals surface area contributed by atoms with E-state index in [-0.39, 0.29) is 5.97 Å². The minimum Gasteiger partial charge on any atom is -0.481 e. The molecular weight excluding hydrogens is 326 g/mol. The predicted molar refractivity (Wildman–Crippen MR) is 79.3 cm³/mol. The van der Waals surface area contributed by atoms with Gasteiger partial charge < -0.3 is 30.1 Å². The van der Waals surface area contributed by atoms with E-state index in [1.54, 1.807) is 0 Å². The number of likely N-dealkylation sites (N-methyl/N-ethyl adjacent to an activating group) is 1. The Morgan fingerprint density at radius 1 is 1.17 bits per heavy atom. The van der Waals surface area contributed by atoms with E-state index in [1.807, 2.05) is 13.1 Å². The Balaban J connectivity index is 0.000000446. The Bertz CT molecular complexity index is 510. The number of aliphatic carboxylic acids is 3. The van der Waals surface area contributed by atoms with Crippen LogP contribution in [-0.2, 0) is 23.9 Å². The molecule has 0 aromatic carbocycles. The van der Waals surface area contributed by atoms with Gasteiger partial charge in [-0.25, -0.2) is 9.59 Å². The lowest BCUT2D eigenvalue weighted by molar-refractivity contribution is -0.170. The molecule has 0 atom stereocenters. The predicted octanol–water partition coefficient (Wildman–Crippen LogP) is -0.827. The van der Waals surface area contributed by atoms with Crippen LogP contribution in [0.25, 0.3) is 0 Å². The minimum atomic E-state index is -2.74. The lowest BCUT2D eigenvalue weighted by Gasteiger charge is -2.21. The van der Waals surface area contributed by atoms with Crippen LogP contribution in [0.1, 0.15) is 19.3 Å². The molecule has 1 heterocycles. The van der Waals surface area contributed by atoms with Gasteiger partial charge in [0.2, 0.25) is 0 Å². The van der Waals surface area contributed by atoms with Crippen LogP contribution in [0.15, 0.2) is 11.6 Å². The number of ether oxygens (including phenoxy) is 1. The van der Waals surface area contributed by atoms with Gasteiger partial charge in [-0.15, -0.1) is 0 Å². The number of hydrogen-bond donors (Lipinski definition) is 4. The Hall–Kier alpha value is -2.46. The summed E-state index contributed by atoms with van der Waals surface area (Å²) in [6, 6.07) is 0. The molecule has 0 aromatic heterocycles. The molecule has 4 N–H and O–H groups in total. The highest BCUT2D eigenvalue weighted by Gasteiger charge is 2.40. The van der Waals surface area contributed by atoms with Crippen LogP contribution in [0.4, 0.5) is 0 Å². The quantitative estimate of drug-likeness (QED) is 0.446. The molecule has 0 radical (unpaired) electrons. The van der Waals surface area contributed by atoms with E-state index < -0.39 is 36.4 Å². The number of aliphatic hydroxyl groups is 1. The van der Waals surface area contributed by atoms with E-state index in [0.717, 1.165) is 18.5 Å². The van der Waals surface area contributed by atoms with Gasteiger partial charge in [0, 0.05) is 18.7 Å². The van der Waals surface area contributed by atoms with Crippen molar-refractivity contribution in [2.24, 2.45) is 0 Å². The van der Waals surface area contributed by atoms with Crippen molar-refractivity contribution < 1.29 is 44.3 Å². The van der Waals surface area contributed by atoms with Crippen molar-refractivity contribution in [2.45, 2.75) is 24.9 Å². The molecule has 0 unspecified atom stereocenters. The Morgan fingerprint density at radius 2 is 1.67 bits per heavy atom. The van der Waals surface area contributed by atoms with Crippen LogP contribution < -0.4 is 0 Å². The molecule has 0 bridgehead atoms. The Morgan fingerprint density at radius 3 is 2.00 bits per heavy atom. The molecule has 1 aliphatic heterocycles. The number of rotatable bonds is 6. The van der Waals surface area contributed by atoms with Crippen LogP contribution in [0.5, 0.6) is 0 Å². The molecular formula is C14H21NO9. The molecule has 0 aliphatic carbocycles. The fourth-order valence-corrected chi connectivity index (χ4v) is 1.89. The summed E-state index contributed by atoms with van der Waals surface area (Å²) < 4.78 is 4.60. The highest BCUT2D eigenvalue weighted by atomic mass is 16.5. The maximum absolute atomic E-state index is 11.0. The van der Waals surface area contributed by atoms with E-state index >= 15 is 0 Å². The first-order valence-corrected chi connectivity index (χ1v) is 6.87. The van der Waals surface area contributed by atoms with Crippen LogP contribution in [-0.4, -0.2) is 82.1 Å². The van der Waals surface area contributed by atoms with Gasteiger partial charge in [-0.3, -0.25) is 9.59 Å². The van der Waals surface area contributed by atoms with Crippen LogP contribution in [0.3, 0.4) is 0 Å². The van der Waals surface area contributed by atoms with Crippen molar-refractivity contribution in [3.63, 3.8) is 0 Å². The molecule has 1 rings (SSSR count). The standard InChI is InChI=1S/C8H13NO2.C6H8O7/c1-9-5-3-4-7(6-9)8(10)11-2;7-3(8)1-6(13,5(11)12)2-4(9)10/h4H,3,5-6H2,1-2H3;13H,1-2H2,(H,7,8)(H,9,10)(H,11,12). The highest BCUT2D eigenvalue weighted by molar-refractivity contribution is 5.89. The van der Waals surface area contributed by atoms with Gasteiger partial charge in [-0.05, 0) is 13.5 Å². The normalized spacial score (nSPS) is 14.7. The first-order valence-electron chi connectivity index (χ1n) is 6.87. The summed E-state index contributed by atoms with van der Waals surface area (Å²) in [5.41, 5.74) is -1.96. The van der Waals surface area contributed by atoms with Crippen LogP contribution in [0.2, 0.25) is 0 Å². The minimum absolute atomic E-state index is 0.198. The van der Waals surface area contributed by atoms with E-state index in [0.29, 0.717) is 6.54 Å². The molecule has 10 nitrogen and oxygen atoms in total. The molecule has 0 amide bonds. The summed E-state index contributed by atoms with van der Waals surface area (Å²) in [4.78, 5) is 43.6. The van der Waals surface area contributed by atoms with Crippen molar-refractivity contribution in [1.82, 2.24) is 4.90 Å². The molecule has 136 valence electrons. The van der Waals surface area contributed by atoms with Gasteiger partial charge in [0.05, 0.1) is 20.0 Å². The van der Waals surface area contributed by atoms with E-state index in [1.165, 1.54) is 7.11 Å². The van der Waals surface area contributed by atoms with Crippen molar-refractivity contribution >= 4 is 23.9 Å². The number of esters is 1. The molecule has 0 saturated heterocycles. The number of nitrogens with zero attached hydrogens (tertiary/aromatic N) is 1. The van der Waals surface area contributed by atoms with E-state index in [2.05, 4.69) is 9.64 Å².